The number of rotatable bonds is 7. The molecule has 0 radical (unpaired) electrons. The van der Waals surface area contributed by atoms with E-state index in [1.807, 2.05) is 18.0 Å². The van der Waals surface area contributed by atoms with Gasteiger partial charge in [-0.25, -0.2) is 14.8 Å². The highest BCUT2D eigenvalue weighted by Gasteiger charge is 2.24. The van der Waals surface area contributed by atoms with Crippen LogP contribution in [-0.4, -0.2) is 71.7 Å². The maximum absolute atomic E-state index is 12.8. The molecule has 10 heteroatoms. The third-order valence-corrected chi connectivity index (χ3v) is 6.97. The zero-order valence-electron chi connectivity index (χ0n) is 18.8. The molecule has 0 bridgehead atoms. The molecule has 1 saturated carbocycles. The molecule has 0 atom stereocenters. The Morgan fingerprint density at radius 2 is 2.09 bits per heavy atom. The van der Waals surface area contributed by atoms with Crippen LogP contribution in [0, 0.1) is 9.49 Å². The number of anilines is 2. The first kappa shape index (κ1) is 23.6. The van der Waals surface area contributed by atoms with E-state index in [-0.39, 0.29) is 11.6 Å². The van der Waals surface area contributed by atoms with Crippen LogP contribution in [0.2, 0.25) is 0 Å². The molecule has 0 spiro atoms. The van der Waals surface area contributed by atoms with E-state index < -0.39 is 6.03 Å². The smallest absolute Gasteiger partial charge is 0.328 e. The van der Waals surface area contributed by atoms with Gasteiger partial charge in [-0.1, -0.05) is 6.07 Å². The van der Waals surface area contributed by atoms with Gasteiger partial charge in [0.15, 0.2) is 6.29 Å². The Labute approximate surface area is 206 Å². The lowest BCUT2D eigenvalue weighted by molar-refractivity contribution is -0.136. The summed E-state index contributed by atoms with van der Waals surface area (Å²) in [6.45, 7) is 2.06. The number of halogens is 1. The normalized spacial score (nSPS) is 16.6. The van der Waals surface area contributed by atoms with Gasteiger partial charge < -0.3 is 4.90 Å². The highest BCUT2D eigenvalue weighted by molar-refractivity contribution is 14.1. The van der Waals surface area contributed by atoms with Gasteiger partial charge in [-0.05, 0) is 72.5 Å². The minimum absolute atomic E-state index is 0.0206. The first-order chi connectivity index (χ1) is 15.8. The van der Waals surface area contributed by atoms with Crippen molar-refractivity contribution in [2.45, 2.75) is 25.8 Å². The molecule has 174 valence electrons. The third-order valence-electron chi connectivity index (χ3n) is 6.00. The summed E-state index contributed by atoms with van der Waals surface area (Å²) in [4.78, 5) is 50.5. The molecule has 0 aromatic carbocycles. The number of aromatic nitrogens is 2. The van der Waals surface area contributed by atoms with Crippen molar-refractivity contribution in [1.29, 1.82) is 0 Å². The SMILES string of the molecule is CN1CCN(Cc2ccc(N(C)C(=O)Nc3cc(CC4CC4)c(I)cn3)nc2C=O)C(=O)C1. The number of likely N-dealkylation sites (N-methyl/N-ethyl adjacent to an activating group) is 1. The van der Waals surface area contributed by atoms with E-state index in [0.717, 1.165) is 22.5 Å². The lowest BCUT2D eigenvalue weighted by Gasteiger charge is -2.32. The molecular weight excluding hydrogens is 535 g/mol. The summed E-state index contributed by atoms with van der Waals surface area (Å²) in [6.07, 6.45) is 5.95. The molecule has 1 aliphatic carbocycles. The molecular formula is C23H27IN6O3. The number of aldehydes is 1. The Morgan fingerprint density at radius 3 is 2.79 bits per heavy atom. The molecule has 0 unspecified atom stereocenters. The second-order valence-corrected chi connectivity index (χ2v) is 9.84. The quantitative estimate of drug-likeness (QED) is 0.412. The lowest BCUT2D eigenvalue weighted by atomic mass is 10.1. The second-order valence-electron chi connectivity index (χ2n) is 8.68. The molecule has 2 aromatic heterocycles. The van der Waals surface area contributed by atoms with Crippen molar-refractivity contribution in [1.82, 2.24) is 19.8 Å². The number of carbonyl (C=O) groups is 3. The Kier molecular flexibility index (Phi) is 7.23. The van der Waals surface area contributed by atoms with Crippen LogP contribution < -0.4 is 10.2 Å². The van der Waals surface area contributed by atoms with Crippen LogP contribution in [0.5, 0.6) is 0 Å². The largest absolute Gasteiger partial charge is 0.336 e. The van der Waals surface area contributed by atoms with Gasteiger partial charge in [-0.2, -0.15) is 0 Å². The van der Waals surface area contributed by atoms with Crippen LogP contribution in [0.1, 0.15) is 34.5 Å². The summed E-state index contributed by atoms with van der Waals surface area (Å²) in [6, 6.07) is 4.96. The summed E-state index contributed by atoms with van der Waals surface area (Å²) in [5.74, 6) is 1.58. The van der Waals surface area contributed by atoms with E-state index >= 15 is 0 Å². The van der Waals surface area contributed by atoms with Gasteiger partial charge in [0, 0.05) is 42.0 Å². The molecule has 1 saturated heterocycles. The Morgan fingerprint density at radius 1 is 1.30 bits per heavy atom. The zero-order valence-corrected chi connectivity index (χ0v) is 20.9. The lowest BCUT2D eigenvalue weighted by Crippen LogP contribution is -2.48. The van der Waals surface area contributed by atoms with E-state index in [9.17, 15) is 14.4 Å². The van der Waals surface area contributed by atoms with Crippen LogP contribution >= 0.6 is 22.6 Å². The molecule has 2 aliphatic rings. The number of pyridine rings is 2. The van der Waals surface area contributed by atoms with E-state index in [4.69, 9.17) is 0 Å². The second kappa shape index (κ2) is 10.1. The number of carbonyl (C=O) groups excluding carboxylic acids is 3. The summed E-state index contributed by atoms with van der Waals surface area (Å²) in [7, 11) is 3.50. The van der Waals surface area contributed by atoms with Gasteiger partial charge in [0.1, 0.15) is 17.3 Å². The third kappa shape index (κ3) is 5.85. The molecule has 9 nitrogen and oxygen atoms in total. The molecule has 2 fully saturated rings. The molecule has 2 aromatic rings. The number of urea groups is 1. The van der Waals surface area contributed by atoms with Crippen LogP contribution in [0.25, 0.3) is 0 Å². The maximum atomic E-state index is 12.8. The molecule has 1 aliphatic heterocycles. The first-order valence-electron chi connectivity index (χ1n) is 10.9. The van der Waals surface area contributed by atoms with E-state index in [1.54, 1.807) is 30.3 Å². The Bertz CT molecular complexity index is 1070. The van der Waals surface area contributed by atoms with Crippen molar-refractivity contribution >= 4 is 52.5 Å². The predicted octanol–water partition coefficient (Wildman–Crippen LogP) is 2.79. The van der Waals surface area contributed by atoms with Crippen molar-refractivity contribution < 1.29 is 14.4 Å². The Hall–Kier alpha value is -2.60. The molecule has 33 heavy (non-hydrogen) atoms. The number of hydrogen-bond acceptors (Lipinski definition) is 6. The highest BCUT2D eigenvalue weighted by atomic mass is 127. The van der Waals surface area contributed by atoms with E-state index in [1.165, 1.54) is 23.3 Å². The van der Waals surface area contributed by atoms with Gasteiger partial charge in [-0.3, -0.25) is 24.7 Å². The van der Waals surface area contributed by atoms with Crippen LogP contribution in [0.3, 0.4) is 0 Å². The fraction of sp³-hybridized carbons (Fsp3) is 0.435. The number of nitrogens with one attached hydrogen (secondary N) is 1. The number of amides is 3. The number of nitrogens with zero attached hydrogens (tertiary/aromatic N) is 5. The summed E-state index contributed by atoms with van der Waals surface area (Å²) in [5, 5.41) is 2.82. The zero-order chi connectivity index (χ0) is 23.5. The average molecular weight is 562 g/mol. The first-order valence-corrected chi connectivity index (χ1v) is 12.0. The monoisotopic (exact) mass is 562 g/mol. The van der Waals surface area contributed by atoms with Crippen molar-refractivity contribution in [3.8, 4) is 0 Å². The van der Waals surface area contributed by atoms with Gasteiger partial charge in [-0.15, -0.1) is 0 Å². The van der Waals surface area contributed by atoms with Gasteiger partial charge in [0.05, 0.1) is 6.54 Å². The molecule has 1 N–H and O–H groups in total. The summed E-state index contributed by atoms with van der Waals surface area (Å²) >= 11 is 2.27. The van der Waals surface area contributed by atoms with Crippen molar-refractivity contribution in [3.63, 3.8) is 0 Å². The molecule has 3 amide bonds. The summed E-state index contributed by atoms with van der Waals surface area (Å²) in [5.41, 5.74) is 2.07. The van der Waals surface area contributed by atoms with Crippen LogP contribution in [-0.2, 0) is 17.8 Å². The van der Waals surface area contributed by atoms with Crippen molar-refractivity contribution in [2.75, 3.05) is 43.9 Å². The van der Waals surface area contributed by atoms with Gasteiger partial charge in [0.25, 0.3) is 0 Å². The number of piperazine rings is 1. The van der Waals surface area contributed by atoms with Crippen LogP contribution in [0.15, 0.2) is 24.4 Å². The number of hydrogen-bond donors (Lipinski definition) is 1. The topological polar surface area (TPSA) is 98.7 Å². The average Bonchev–Trinajstić information content (AvgIpc) is 3.61. The minimum atomic E-state index is -0.396. The molecule has 4 rings (SSSR count). The molecule has 3 heterocycles. The van der Waals surface area contributed by atoms with Gasteiger partial charge >= 0.3 is 6.03 Å². The minimum Gasteiger partial charge on any atom is -0.336 e. The Balaban J connectivity index is 1.44. The van der Waals surface area contributed by atoms with E-state index in [0.29, 0.717) is 43.1 Å². The predicted molar refractivity (Wildman–Crippen MR) is 133 cm³/mol. The fourth-order valence-electron chi connectivity index (χ4n) is 3.75. The van der Waals surface area contributed by atoms with Crippen LogP contribution in [0.4, 0.5) is 16.4 Å². The highest BCUT2D eigenvalue weighted by Crippen LogP contribution is 2.34. The maximum Gasteiger partial charge on any atom is 0.328 e. The summed E-state index contributed by atoms with van der Waals surface area (Å²) < 4.78 is 1.09. The fourth-order valence-corrected chi connectivity index (χ4v) is 4.27. The van der Waals surface area contributed by atoms with Gasteiger partial charge in [0.2, 0.25) is 5.91 Å². The standard InChI is InChI=1S/C23H27IN6O3/c1-28-7-8-30(22(32)13-28)12-16-5-6-21(26-19(16)14-31)29(2)23(33)27-20-10-17(9-15-3-4-15)18(24)11-25-20/h5-6,10-11,14-15H,3-4,7-9,12-13H2,1-2H3,(H,25,27,33). The van der Waals surface area contributed by atoms with E-state index in [2.05, 4.69) is 37.9 Å². The van der Waals surface area contributed by atoms with Crippen molar-refractivity contribution in [2.24, 2.45) is 5.92 Å². The van der Waals surface area contributed by atoms with Crippen molar-refractivity contribution in [3.05, 3.63) is 44.8 Å².